The number of hydrogen-bond donors (Lipinski definition) is 1. The highest BCUT2D eigenvalue weighted by Gasteiger charge is 2.13. The Labute approximate surface area is 82.6 Å². The van der Waals surface area contributed by atoms with E-state index in [1.54, 1.807) is 25.1 Å². The Balaban J connectivity index is 2.94. The molecule has 0 fully saturated rings. The molecule has 0 aliphatic carbocycles. The smallest absolute Gasteiger partial charge is 0.310 e. The molecule has 0 heterocycles. The molecule has 0 spiro atoms. The maximum Gasteiger partial charge on any atom is 0.310 e. The van der Waals surface area contributed by atoms with Crippen molar-refractivity contribution in [1.82, 2.24) is 0 Å². The van der Waals surface area contributed by atoms with E-state index in [2.05, 4.69) is 0 Å². The zero-order valence-electron chi connectivity index (χ0n) is 7.90. The van der Waals surface area contributed by atoms with Gasteiger partial charge in [0, 0.05) is 0 Å². The Hall–Kier alpha value is -1.82. The summed E-state index contributed by atoms with van der Waals surface area (Å²) in [6.07, 6.45) is 0.320. The Kier molecular flexibility index (Phi) is 3.24. The molecule has 0 aliphatic rings. The first-order valence-corrected chi connectivity index (χ1v) is 4.33. The molecule has 1 N–H and O–H groups in total. The van der Waals surface area contributed by atoms with Gasteiger partial charge in [-0.15, -0.1) is 0 Å². The minimum atomic E-state index is -0.848. The van der Waals surface area contributed by atoms with Gasteiger partial charge in [-0.25, -0.2) is 0 Å². The lowest BCUT2D eigenvalue weighted by atomic mass is 9.98. The molecule has 0 aromatic heterocycles. The number of carbonyl (C=O) groups is 1. The summed E-state index contributed by atoms with van der Waals surface area (Å²) in [7, 11) is 0. The highest BCUT2D eigenvalue weighted by atomic mass is 16.4. The van der Waals surface area contributed by atoms with Gasteiger partial charge in [-0.05, 0) is 18.1 Å². The number of carboxylic acid groups (broad SMARTS) is 1. The maximum atomic E-state index is 10.7. The van der Waals surface area contributed by atoms with Crippen molar-refractivity contribution in [2.75, 3.05) is 0 Å². The Morgan fingerprint density at radius 3 is 2.93 bits per heavy atom. The molecule has 72 valence electrons. The number of nitrogens with zero attached hydrogens (tertiary/aromatic N) is 1. The summed E-state index contributed by atoms with van der Waals surface area (Å²) in [5.74, 6) is -1.37. The van der Waals surface area contributed by atoms with E-state index in [1.165, 1.54) is 0 Å². The van der Waals surface area contributed by atoms with Crippen LogP contribution < -0.4 is 0 Å². The van der Waals surface area contributed by atoms with Crippen molar-refractivity contribution in [2.24, 2.45) is 0 Å². The zero-order valence-corrected chi connectivity index (χ0v) is 7.90. The summed E-state index contributed by atoms with van der Waals surface area (Å²) in [6, 6.07) is 9.16. The van der Waals surface area contributed by atoms with Gasteiger partial charge in [0.1, 0.15) is 0 Å². The molecule has 0 saturated carbocycles. The first kappa shape index (κ1) is 10.3. The van der Waals surface area contributed by atoms with Gasteiger partial charge in [-0.2, -0.15) is 5.26 Å². The Morgan fingerprint density at radius 1 is 1.64 bits per heavy atom. The van der Waals surface area contributed by atoms with Crippen molar-refractivity contribution >= 4 is 5.97 Å². The molecule has 1 atom stereocenters. The minimum absolute atomic E-state index is 0.320. The maximum absolute atomic E-state index is 10.7. The highest BCUT2D eigenvalue weighted by molar-refractivity contribution is 5.75. The van der Waals surface area contributed by atoms with Gasteiger partial charge in [0.15, 0.2) is 0 Å². The van der Waals surface area contributed by atoms with Crippen molar-refractivity contribution < 1.29 is 9.90 Å². The molecular formula is C11H11NO2. The molecule has 3 nitrogen and oxygen atoms in total. The topological polar surface area (TPSA) is 61.1 Å². The van der Waals surface area contributed by atoms with E-state index in [1.807, 2.05) is 12.1 Å². The molecule has 0 saturated heterocycles. The van der Waals surface area contributed by atoms with E-state index in [4.69, 9.17) is 10.4 Å². The van der Waals surface area contributed by atoms with Gasteiger partial charge in [0.05, 0.1) is 18.4 Å². The lowest BCUT2D eigenvalue weighted by molar-refractivity contribution is -0.138. The van der Waals surface area contributed by atoms with E-state index in [0.717, 1.165) is 11.1 Å². The number of rotatable bonds is 3. The van der Waals surface area contributed by atoms with Crippen LogP contribution in [-0.4, -0.2) is 11.1 Å². The number of benzene rings is 1. The first-order chi connectivity index (χ1) is 6.65. The zero-order chi connectivity index (χ0) is 10.6. The normalized spacial score (nSPS) is 11.7. The standard InChI is InChI=1S/C11H11NO2/c1-8(11(13)14)10-4-2-3-9(7-10)5-6-12/h2-4,7-8H,5H2,1H3,(H,13,14). The summed E-state index contributed by atoms with van der Waals surface area (Å²) in [6.45, 7) is 1.63. The van der Waals surface area contributed by atoms with Crippen molar-refractivity contribution in [3.8, 4) is 6.07 Å². The molecule has 0 amide bonds. The average molecular weight is 189 g/mol. The largest absolute Gasteiger partial charge is 0.481 e. The van der Waals surface area contributed by atoms with Crippen LogP contribution in [-0.2, 0) is 11.2 Å². The monoisotopic (exact) mass is 189 g/mol. The van der Waals surface area contributed by atoms with Crippen LogP contribution >= 0.6 is 0 Å². The molecule has 1 aromatic carbocycles. The fourth-order valence-electron chi connectivity index (χ4n) is 1.21. The van der Waals surface area contributed by atoms with Gasteiger partial charge < -0.3 is 5.11 Å². The van der Waals surface area contributed by atoms with E-state index in [0.29, 0.717) is 6.42 Å². The van der Waals surface area contributed by atoms with Gasteiger partial charge in [0.2, 0.25) is 0 Å². The van der Waals surface area contributed by atoms with Gasteiger partial charge in [-0.3, -0.25) is 4.79 Å². The van der Waals surface area contributed by atoms with E-state index < -0.39 is 11.9 Å². The van der Waals surface area contributed by atoms with Crippen LogP contribution in [0.2, 0.25) is 0 Å². The summed E-state index contributed by atoms with van der Waals surface area (Å²) >= 11 is 0. The summed E-state index contributed by atoms with van der Waals surface area (Å²) < 4.78 is 0. The minimum Gasteiger partial charge on any atom is -0.481 e. The van der Waals surface area contributed by atoms with Crippen molar-refractivity contribution in [3.63, 3.8) is 0 Å². The van der Waals surface area contributed by atoms with Gasteiger partial charge in [0.25, 0.3) is 0 Å². The average Bonchev–Trinajstić information content (AvgIpc) is 2.17. The number of carboxylic acids is 1. The highest BCUT2D eigenvalue weighted by Crippen LogP contribution is 2.16. The van der Waals surface area contributed by atoms with Crippen LogP contribution in [0.15, 0.2) is 24.3 Å². The molecule has 3 heteroatoms. The van der Waals surface area contributed by atoms with E-state index in [9.17, 15) is 4.79 Å². The Bertz CT molecular complexity index is 379. The van der Waals surface area contributed by atoms with Crippen LogP contribution in [0, 0.1) is 11.3 Å². The Morgan fingerprint density at radius 2 is 2.36 bits per heavy atom. The molecule has 0 bridgehead atoms. The number of hydrogen-bond acceptors (Lipinski definition) is 2. The third-order valence-electron chi connectivity index (χ3n) is 2.10. The second-order valence-corrected chi connectivity index (χ2v) is 3.14. The van der Waals surface area contributed by atoms with E-state index >= 15 is 0 Å². The fraction of sp³-hybridized carbons (Fsp3) is 0.273. The fourth-order valence-corrected chi connectivity index (χ4v) is 1.21. The second-order valence-electron chi connectivity index (χ2n) is 3.14. The number of nitriles is 1. The SMILES string of the molecule is CC(C(=O)O)c1cccc(CC#N)c1. The van der Waals surface area contributed by atoms with Crippen LogP contribution in [0.5, 0.6) is 0 Å². The second kappa shape index (κ2) is 4.43. The summed E-state index contributed by atoms with van der Waals surface area (Å²) in [5.41, 5.74) is 1.60. The summed E-state index contributed by atoms with van der Waals surface area (Å²) in [4.78, 5) is 10.7. The van der Waals surface area contributed by atoms with Crippen LogP contribution in [0.25, 0.3) is 0 Å². The van der Waals surface area contributed by atoms with Crippen molar-refractivity contribution in [3.05, 3.63) is 35.4 Å². The van der Waals surface area contributed by atoms with Crippen LogP contribution in [0.1, 0.15) is 24.0 Å². The van der Waals surface area contributed by atoms with Crippen molar-refractivity contribution in [2.45, 2.75) is 19.3 Å². The van der Waals surface area contributed by atoms with Gasteiger partial charge in [-0.1, -0.05) is 24.3 Å². The molecule has 0 radical (unpaired) electrons. The third-order valence-corrected chi connectivity index (χ3v) is 2.10. The molecule has 1 unspecified atom stereocenters. The number of aliphatic carboxylic acids is 1. The molecule has 1 aromatic rings. The lowest BCUT2D eigenvalue weighted by Gasteiger charge is -2.07. The van der Waals surface area contributed by atoms with Gasteiger partial charge >= 0.3 is 5.97 Å². The van der Waals surface area contributed by atoms with Crippen LogP contribution in [0.4, 0.5) is 0 Å². The molecule has 0 aliphatic heterocycles. The van der Waals surface area contributed by atoms with Crippen LogP contribution in [0.3, 0.4) is 0 Å². The third kappa shape index (κ3) is 2.33. The first-order valence-electron chi connectivity index (χ1n) is 4.33. The molecular weight excluding hydrogens is 178 g/mol. The molecule has 14 heavy (non-hydrogen) atoms. The summed E-state index contributed by atoms with van der Waals surface area (Å²) in [5, 5.41) is 17.3. The quantitative estimate of drug-likeness (QED) is 0.790. The predicted molar refractivity (Wildman–Crippen MR) is 51.8 cm³/mol. The predicted octanol–water partition coefficient (Wildman–Crippen LogP) is 1.94. The van der Waals surface area contributed by atoms with Crippen molar-refractivity contribution in [1.29, 1.82) is 5.26 Å². The van der Waals surface area contributed by atoms with E-state index in [-0.39, 0.29) is 0 Å². The molecule has 1 rings (SSSR count). The lowest BCUT2D eigenvalue weighted by Crippen LogP contribution is -2.07.